The van der Waals surface area contributed by atoms with Crippen LogP contribution in [0.5, 0.6) is 0 Å². The number of esters is 1. The van der Waals surface area contributed by atoms with Crippen LogP contribution >= 0.6 is 34.8 Å². The number of aryl methyl sites for hydroxylation is 4. The third-order valence-electron chi connectivity index (χ3n) is 10.0. The molecule has 0 bridgehead atoms. The van der Waals surface area contributed by atoms with Gasteiger partial charge < -0.3 is 26.6 Å². The topological polar surface area (TPSA) is 192 Å². The molecule has 322 valence electrons. The molecule has 0 aliphatic carbocycles. The number of pyridine rings is 5. The molecule has 63 heavy (non-hydrogen) atoms. The largest absolute Gasteiger partial charge is 0.465 e. The van der Waals surface area contributed by atoms with Crippen LogP contribution in [0, 0.1) is 27.7 Å². The summed E-state index contributed by atoms with van der Waals surface area (Å²) in [4.78, 5) is 45.9. The Morgan fingerprint density at radius 3 is 1.92 bits per heavy atom. The summed E-state index contributed by atoms with van der Waals surface area (Å²) in [5.74, 6) is -0.0849. The molecule has 15 heteroatoms. The minimum Gasteiger partial charge on any atom is -0.465 e. The Bertz CT molecular complexity index is 2970. The molecule has 1 amide bonds. The van der Waals surface area contributed by atoms with E-state index >= 15 is 0 Å². The minimum absolute atomic E-state index is 0.00676. The number of nitrogen functional groups attached to an aromatic ring is 1. The van der Waals surface area contributed by atoms with Gasteiger partial charge in [0.1, 0.15) is 5.82 Å². The van der Waals surface area contributed by atoms with Gasteiger partial charge in [0.05, 0.1) is 50.9 Å². The lowest BCUT2D eigenvalue weighted by molar-refractivity contribution is 0.0602. The summed E-state index contributed by atoms with van der Waals surface area (Å²) in [6, 6.07) is 22.5. The first-order valence-corrected chi connectivity index (χ1v) is 20.8. The van der Waals surface area contributed by atoms with Crippen LogP contribution in [0.3, 0.4) is 0 Å². The number of nitrogens with two attached hydrogens (primary N) is 2. The highest BCUT2D eigenvalue weighted by atomic mass is 35.5. The number of anilines is 1. The number of ether oxygens (including phenoxy) is 1. The molecule has 0 spiro atoms. The molecule has 8 rings (SSSR count). The van der Waals surface area contributed by atoms with E-state index in [1.807, 2.05) is 70.2 Å². The Morgan fingerprint density at radius 2 is 1.32 bits per heavy atom. The number of methoxy groups -OCH3 is 1. The average Bonchev–Trinajstić information content (AvgIpc) is 3.24. The van der Waals surface area contributed by atoms with E-state index in [2.05, 4.69) is 30.2 Å². The van der Waals surface area contributed by atoms with Crippen molar-refractivity contribution in [2.24, 2.45) is 5.73 Å². The molecule has 0 aliphatic rings. The first kappa shape index (κ1) is 46.2. The fourth-order valence-electron chi connectivity index (χ4n) is 7.20. The van der Waals surface area contributed by atoms with Gasteiger partial charge in [0.15, 0.2) is 0 Å². The number of aliphatic hydroxyl groups excluding tert-OH is 1. The van der Waals surface area contributed by atoms with E-state index in [9.17, 15) is 9.59 Å². The first-order chi connectivity index (χ1) is 30.1. The number of aliphatic hydroxyl groups is 1. The molecular formula is C48H45Cl3N8O4. The second-order valence-corrected chi connectivity index (χ2v) is 16.2. The van der Waals surface area contributed by atoms with Crippen LogP contribution in [-0.2, 0) is 30.9 Å². The summed E-state index contributed by atoms with van der Waals surface area (Å²) in [6.07, 6.45) is 6.94. The fraction of sp³-hybridized carbons (Fsp3) is 0.188. The molecule has 0 radical (unpaired) electrons. The van der Waals surface area contributed by atoms with E-state index in [1.54, 1.807) is 48.9 Å². The van der Waals surface area contributed by atoms with Crippen LogP contribution in [0.2, 0.25) is 15.1 Å². The third kappa shape index (κ3) is 11.6. The molecule has 0 atom stereocenters. The molecule has 0 aliphatic heterocycles. The lowest BCUT2D eigenvalue weighted by atomic mass is 10.0. The van der Waals surface area contributed by atoms with Gasteiger partial charge in [0.25, 0.3) is 5.91 Å². The number of carbonyl (C=O) groups excluding carboxylic acids is 2. The molecule has 0 saturated carbocycles. The molecule has 8 aromatic rings. The van der Waals surface area contributed by atoms with Crippen molar-refractivity contribution >= 4 is 85.2 Å². The van der Waals surface area contributed by atoms with Crippen molar-refractivity contribution in [3.63, 3.8) is 0 Å². The van der Waals surface area contributed by atoms with Gasteiger partial charge in [-0.1, -0.05) is 52.5 Å². The van der Waals surface area contributed by atoms with Crippen LogP contribution in [0.1, 0.15) is 71.0 Å². The number of rotatable bonds is 8. The molecule has 12 nitrogen and oxygen atoms in total. The normalized spacial score (nSPS) is 10.8. The zero-order valence-electron chi connectivity index (χ0n) is 35.3. The van der Waals surface area contributed by atoms with Gasteiger partial charge in [-0.3, -0.25) is 24.7 Å². The lowest BCUT2D eigenvalue weighted by Gasteiger charge is -2.12. The SMILES string of the molecule is COC(=O)c1cc(C)cc2cc(Cl)cnc12.Cc1cc(CO)c2ncc(Cl)cc2c1.Cc1cc(N)nc(C)c1CNC(=O)c1ccnc(Cc2cc(CN)c3ncc(Cl)cc3c2)c1. The summed E-state index contributed by atoms with van der Waals surface area (Å²) < 4.78 is 4.72. The highest BCUT2D eigenvalue weighted by molar-refractivity contribution is 6.31. The van der Waals surface area contributed by atoms with Crippen molar-refractivity contribution in [1.82, 2.24) is 30.2 Å². The second-order valence-electron chi connectivity index (χ2n) is 14.8. The molecule has 5 aromatic heterocycles. The first-order valence-electron chi connectivity index (χ1n) is 19.7. The van der Waals surface area contributed by atoms with E-state index in [0.717, 1.165) is 77.5 Å². The summed E-state index contributed by atoms with van der Waals surface area (Å²) in [7, 11) is 1.35. The number of nitrogens with zero attached hydrogens (tertiary/aromatic N) is 5. The maximum Gasteiger partial charge on any atom is 0.340 e. The minimum atomic E-state index is -0.386. The molecule has 0 unspecified atom stereocenters. The third-order valence-corrected chi connectivity index (χ3v) is 10.6. The number of carbonyl (C=O) groups is 2. The van der Waals surface area contributed by atoms with Crippen molar-refractivity contribution < 1.29 is 19.4 Å². The average molecular weight is 904 g/mol. The number of aromatic nitrogens is 5. The van der Waals surface area contributed by atoms with Crippen molar-refractivity contribution in [3.05, 3.63) is 174 Å². The maximum atomic E-state index is 12.8. The van der Waals surface area contributed by atoms with E-state index in [4.69, 9.17) is 56.1 Å². The maximum absolute atomic E-state index is 12.8. The van der Waals surface area contributed by atoms with Gasteiger partial charge >= 0.3 is 5.97 Å². The lowest BCUT2D eigenvalue weighted by Crippen LogP contribution is -2.24. The van der Waals surface area contributed by atoms with Crippen LogP contribution < -0.4 is 16.8 Å². The van der Waals surface area contributed by atoms with Crippen LogP contribution in [0.25, 0.3) is 32.7 Å². The molecular weight excluding hydrogens is 859 g/mol. The Kier molecular flexibility index (Phi) is 15.2. The van der Waals surface area contributed by atoms with E-state index in [1.165, 1.54) is 13.3 Å². The van der Waals surface area contributed by atoms with Gasteiger partial charge in [-0.05, 0) is 116 Å². The predicted octanol–water partition coefficient (Wildman–Crippen LogP) is 9.53. The molecule has 5 heterocycles. The van der Waals surface area contributed by atoms with Crippen LogP contribution in [0.15, 0.2) is 97.6 Å². The van der Waals surface area contributed by atoms with E-state index in [0.29, 0.717) is 57.0 Å². The number of amides is 1. The fourth-order valence-corrected chi connectivity index (χ4v) is 7.70. The Balaban J connectivity index is 0.000000181. The van der Waals surface area contributed by atoms with Gasteiger partial charge in [-0.2, -0.15) is 0 Å². The van der Waals surface area contributed by atoms with Crippen LogP contribution in [-0.4, -0.2) is 49.0 Å². The number of hydrogen-bond acceptors (Lipinski definition) is 11. The van der Waals surface area contributed by atoms with E-state index < -0.39 is 0 Å². The summed E-state index contributed by atoms with van der Waals surface area (Å²) in [5, 5.41) is 16.6. The Hall–Kier alpha value is -6.28. The van der Waals surface area contributed by atoms with Gasteiger partial charge in [0, 0.05) is 83.0 Å². The molecule has 3 aromatic carbocycles. The smallest absolute Gasteiger partial charge is 0.340 e. The Morgan fingerprint density at radius 1 is 0.730 bits per heavy atom. The predicted molar refractivity (Wildman–Crippen MR) is 251 cm³/mol. The van der Waals surface area contributed by atoms with Crippen LogP contribution in [0.4, 0.5) is 5.82 Å². The zero-order chi connectivity index (χ0) is 45.4. The molecule has 0 fully saturated rings. The molecule has 6 N–H and O–H groups in total. The number of fused-ring (bicyclic) bond motifs is 3. The number of benzene rings is 3. The summed E-state index contributed by atoms with van der Waals surface area (Å²) in [6.45, 7) is 8.49. The zero-order valence-corrected chi connectivity index (χ0v) is 37.5. The highest BCUT2D eigenvalue weighted by Crippen LogP contribution is 2.26. The number of halogens is 3. The number of hydrogen-bond donors (Lipinski definition) is 4. The quantitative estimate of drug-likeness (QED) is 0.106. The van der Waals surface area contributed by atoms with Gasteiger partial charge in [-0.25, -0.2) is 9.78 Å². The van der Waals surface area contributed by atoms with Gasteiger partial charge in [0.2, 0.25) is 0 Å². The second kappa shape index (κ2) is 20.7. The van der Waals surface area contributed by atoms with Crippen molar-refractivity contribution in [3.8, 4) is 0 Å². The van der Waals surface area contributed by atoms with Crippen molar-refractivity contribution in [2.75, 3.05) is 12.8 Å². The summed E-state index contributed by atoms with van der Waals surface area (Å²) >= 11 is 17.8. The molecule has 0 saturated heterocycles. The van der Waals surface area contributed by atoms with Crippen molar-refractivity contribution in [1.29, 1.82) is 0 Å². The Labute approximate surface area is 379 Å². The monoisotopic (exact) mass is 902 g/mol. The standard InChI is InChI=1S/C25H25ClN6O.C12H10ClNO2.C11H10ClNO/c1-14-5-23(28)32-15(2)22(14)13-31-25(33)17-3-4-29-21(10-17)8-16-6-18-9-20(26)12-30-24(18)19(7-16)11-27;1-7-3-8-5-9(13)6-14-11(8)10(4-7)12(15)16-2;1-7-2-8-4-10(12)5-13-11(8)9(3-7)6-14/h3-7,9-10,12H,8,11,13,27H2,1-2H3,(H2,28,32)(H,31,33);3-6H,1-2H3;2-5,14H,6H2,1H3. The van der Waals surface area contributed by atoms with Gasteiger partial charge in [-0.15, -0.1) is 0 Å². The van der Waals surface area contributed by atoms with E-state index in [-0.39, 0.29) is 18.5 Å². The summed E-state index contributed by atoms with van der Waals surface area (Å²) in [5.41, 5.74) is 23.4. The number of nitrogens with one attached hydrogen (secondary N) is 1. The highest BCUT2D eigenvalue weighted by Gasteiger charge is 2.14. The van der Waals surface area contributed by atoms with Crippen molar-refractivity contribution in [2.45, 2.75) is 53.8 Å².